The van der Waals surface area contributed by atoms with Crippen LogP contribution in [0.15, 0.2) is 28.8 Å². The van der Waals surface area contributed by atoms with E-state index in [-0.39, 0.29) is 29.3 Å². The second kappa shape index (κ2) is 7.98. The van der Waals surface area contributed by atoms with Crippen molar-refractivity contribution in [3.63, 3.8) is 0 Å². The van der Waals surface area contributed by atoms with Crippen molar-refractivity contribution in [3.8, 4) is 11.4 Å². The molecular weight excluding hydrogens is 364 g/mol. The summed E-state index contributed by atoms with van der Waals surface area (Å²) in [5.41, 5.74) is 6.96. The molecule has 3 N–H and O–H groups in total. The maximum Gasteiger partial charge on any atom is 0.251 e. The van der Waals surface area contributed by atoms with Gasteiger partial charge in [0.05, 0.1) is 5.54 Å². The Kier molecular flexibility index (Phi) is 6.32. The van der Waals surface area contributed by atoms with E-state index in [1.54, 1.807) is 12.1 Å². The maximum absolute atomic E-state index is 12.7. The van der Waals surface area contributed by atoms with Crippen LogP contribution in [0.2, 0.25) is 0 Å². The highest BCUT2D eigenvalue weighted by molar-refractivity contribution is 5.95. The lowest BCUT2D eigenvalue weighted by molar-refractivity contribution is 0.0898. The van der Waals surface area contributed by atoms with Gasteiger partial charge < -0.3 is 15.6 Å². The van der Waals surface area contributed by atoms with Crippen LogP contribution < -0.4 is 11.1 Å². The van der Waals surface area contributed by atoms with Crippen molar-refractivity contribution in [1.29, 1.82) is 0 Å². The van der Waals surface area contributed by atoms with E-state index >= 15 is 0 Å². The highest BCUT2D eigenvalue weighted by atomic mass is 35.5. The Morgan fingerprint density at radius 2 is 2.00 bits per heavy atom. The number of nitrogens with one attached hydrogen (secondary N) is 1. The first kappa shape index (κ1) is 21.4. The van der Waals surface area contributed by atoms with Gasteiger partial charge in [-0.15, -0.1) is 12.4 Å². The SMILES string of the molecule is CC(C)(C)Cc1nc(-c2cccc(C(=O)NC(C)(CN)C3CC3)c2)no1.Cl. The number of carbonyl (C=O) groups is 1. The number of rotatable bonds is 6. The Morgan fingerprint density at radius 3 is 2.59 bits per heavy atom. The molecule has 0 bridgehead atoms. The van der Waals surface area contributed by atoms with E-state index in [1.807, 2.05) is 19.1 Å². The summed E-state index contributed by atoms with van der Waals surface area (Å²) >= 11 is 0. The van der Waals surface area contributed by atoms with Crippen LogP contribution in [0.25, 0.3) is 11.4 Å². The van der Waals surface area contributed by atoms with Crippen LogP contribution in [0, 0.1) is 11.3 Å². The lowest BCUT2D eigenvalue weighted by Gasteiger charge is -2.29. The maximum atomic E-state index is 12.7. The predicted octanol–water partition coefficient (Wildman–Crippen LogP) is 3.60. The number of amides is 1. The average Bonchev–Trinajstić information content (AvgIpc) is 3.35. The minimum Gasteiger partial charge on any atom is -0.345 e. The second-order valence-corrected chi connectivity index (χ2v) is 8.68. The summed E-state index contributed by atoms with van der Waals surface area (Å²) < 4.78 is 5.35. The topological polar surface area (TPSA) is 94.0 Å². The summed E-state index contributed by atoms with van der Waals surface area (Å²) in [6.07, 6.45) is 2.94. The smallest absolute Gasteiger partial charge is 0.251 e. The van der Waals surface area contributed by atoms with Crippen LogP contribution >= 0.6 is 12.4 Å². The molecule has 3 rings (SSSR count). The molecule has 0 saturated heterocycles. The molecule has 1 heterocycles. The fourth-order valence-electron chi connectivity index (χ4n) is 3.07. The zero-order valence-corrected chi connectivity index (χ0v) is 17.2. The van der Waals surface area contributed by atoms with E-state index < -0.39 is 0 Å². The summed E-state index contributed by atoms with van der Waals surface area (Å²) in [6, 6.07) is 7.30. The van der Waals surface area contributed by atoms with Gasteiger partial charge in [0.2, 0.25) is 11.7 Å². The molecule has 1 atom stereocenters. The third kappa shape index (κ3) is 5.30. The Bertz CT molecular complexity index is 795. The molecule has 27 heavy (non-hydrogen) atoms. The van der Waals surface area contributed by atoms with Crippen molar-refractivity contribution in [2.24, 2.45) is 17.1 Å². The van der Waals surface area contributed by atoms with E-state index in [1.165, 1.54) is 0 Å². The summed E-state index contributed by atoms with van der Waals surface area (Å²) in [5.74, 6) is 1.45. The number of nitrogens with zero attached hydrogens (tertiary/aromatic N) is 2. The number of halogens is 1. The van der Waals surface area contributed by atoms with Crippen molar-refractivity contribution >= 4 is 18.3 Å². The highest BCUT2D eigenvalue weighted by Crippen LogP contribution is 2.39. The molecule has 1 aromatic carbocycles. The predicted molar refractivity (Wildman–Crippen MR) is 108 cm³/mol. The van der Waals surface area contributed by atoms with Gasteiger partial charge in [0.25, 0.3) is 5.91 Å². The van der Waals surface area contributed by atoms with Gasteiger partial charge in [0, 0.05) is 24.1 Å². The number of hydrogen-bond donors (Lipinski definition) is 2. The van der Waals surface area contributed by atoms with E-state index in [0.717, 1.165) is 18.4 Å². The van der Waals surface area contributed by atoms with E-state index in [9.17, 15) is 4.79 Å². The zero-order chi connectivity index (χ0) is 18.9. The van der Waals surface area contributed by atoms with Gasteiger partial charge in [-0.25, -0.2) is 0 Å². The standard InChI is InChI=1S/C20H28N4O2.ClH/c1-19(2,3)11-16-22-17(24-26-16)13-6-5-7-14(10-13)18(25)23-20(4,12-21)15-8-9-15;/h5-7,10,15H,8-9,11-12,21H2,1-4H3,(H,23,25);1H. The Hall–Kier alpha value is -1.92. The first-order chi connectivity index (χ1) is 12.2. The van der Waals surface area contributed by atoms with Crippen LogP contribution in [-0.2, 0) is 6.42 Å². The van der Waals surface area contributed by atoms with Gasteiger partial charge in [-0.05, 0) is 43.2 Å². The van der Waals surface area contributed by atoms with Gasteiger partial charge >= 0.3 is 0 Å². The lowest BCUT2D eigenvalue weighted by atomic mass is 9.92. The van der Waals surface area contributed by atoms with E-state index in [2.05, 4.69) is 36.2 Å². The molecule has 1 aromatic heterocycles. The molecule has 0 radical (unpaired) electrons. The number of hydrogen-bond acceptors (Lipinski definition) is 5. The molecular formula is C20H29ClN4O2. The molecule has 0 aliphatic heterocycles. The Balaban J connectivity index is 0.00000261. The van der Waals surface area contributed by atoms with E-state index in [0.29, 0.717) is 36.2 Å². The van der Waals surface area contributed by atoms with Crippen LogP contribution in [0.3, 0.4) is 0 Å². The van der Waals surface area contributed by atoms with Crippen molar-refractivity contribution in [2.75, 3.05) is 6.54 Å². The summed E-state index contributed by atoms with van der Waals surface area (Å²) in [7, 11) is 0. The first-order valence-electron chi connectivity index (χ1n) is 9.16. The van der Waals surface area contributed by atoms with E-state index in [4.69, 9.17) is 10.3 Å². The highest BCUT2D eigenvalue weighted by Gasteiger charge is 2.41. The number of nitrogens with two attached hydrogens (primary N) is 1. The largest absolute Gasteiger partial charge is 0.345 e. The molecule has 1 saturated carbocycles. The number of aromatic nitrogens is 2. The monoisotopic (exact) mass is 392 g/mol. The quantitative estimate of drug-likeness (QED) is 0.783. The minimum absolute atomic E-state index is 0. The summed E-state index contributed by atoms with van der Waals surface area (Å²) in [4.78, 5) is 17.2. The molecule has 1 aliphatic carbocycles. The fourth-order valence-corrected chi connectivity index (χ4v) is 3.07. The summed E-state index contributed by atoms with van der Waals surface area (Å²) in [6.45, 7) is 8.82. The molecule has 1 aliphatic rings. The number of carbonyl (C=O) groups excluding carboxylic acids is 1. The molecule has 148 valence electrons. The molecule has 1 unspecified atom stereocenters. The van der Waals surface area contributed by atoms with Crippen LogP contribution in [0.5, 0.6) is 0 Å². The average molecular weight is 393 g/mol. The Morgan fingerprint density at radius 1 is 1.30 bits per heavy atom. The molecule has 7 heteroatoms. The molecule has 1 amide bonds. The van der Waals surface area contributed by atoms with Crippen LogP contribution in [0.4, 0.5) is 0 Å². The lowest BCUT2D eigenvalue weighted by Crippen LogP contribution is -2.53. The number of benzene rings is 1. The van der Waals surface area contributed by atoms with Gasteiger partial charge in [-0.3, -0.25) is 4.79 Å². The van der Waals surface area contributed by atoms with Crippen molar-refractivity contribution in [3.05, 3.63) is 35.7 Å². The second-order valence-electron chi connectivity index (χ2n) is 8.68. The third-order valence-corrected chi connectivity index (χ3v) is 4.83. The van der Waals surface area contributed by atoms with Crippen molar-refractivity contribution < 1.29 is 9.32 Å². The zero-order valence-electron chi connectivity index (χ0n) is 16.4. The van der Waals surface area contributed by atoms with Gasteiger partial charge in [-0.1, -0.05) is 38.1 Å². The normalized spacial score (nSPS) is 16.3. The first-order valence-corrected chi connectivity index (χ1v) is 9.16. The van der Waals surface area contributed by atoms with Gasteiger partial charge in [0.1, 0.15) is 0 Å². The molecule has 1 fully saturated rings. The minimum atomic E-state index is -0.348. The molecule has 0 spiro atoms. The summed E-state index contributed by atoms with van der Waals surface area (Å²) in [5, 5.41) is 7.17. The Labute approximate surface area is 166 Å². The molecule has 6 nitrogen and oxygen atoms in total. The van der Waals surface area contributed by atoms with Crippen molar-refractivity contribution in [1.82, 2.24) is 15.5 Å². The van der Waals surface area contributed by atoms with Crippen LogP contribution in [-0.4, -0.2) is 28.1 Å². The van der Waals surface area contributed by atoms with Gasteiger partial charge in [-0.2, -0.15) is 4.98 Å². The fraction of sp³-hybridized carbons (Fsp3) is 0.550. The molecule has 2 aromatic rings. The van der Waals surface area contributed by atoms with Crippen LogP contribution in [0.1, 0.15) is 56.8 Å². The van der Waals surface area contributed by atoms with Gasteiger partial charge in [0.15, 0.2) is 0 Å². The van der Waals surface area contributed by atoms with Crippen molar-refractivity contribution in [2.45, 2.75) is 52.5 Å². The third-order valence-electron chi connectivity index (χ3n) is 4.83.